The van der Waals surface area contributed by atoms with Crippen molar-refractivity contribution in [3.05, 3.63) is 29.3 Å². The number of aromatic nitrogens is 3. The summed E-state index contributed by atoms with van der Waals surface area (Å²) in [4.78, 5) is 15.7. The molecule has 0 bridgehead atoms. The van der Waals surface area contributed by atoms with Crippen molar-refractivity contribution in [1.82, 2.24) is 20.3 Å². The second kappa shape index (κ2) is 6.09. The lowest BCUT2D eigenvalue weighted by molar-refractivity contribution is 0.00837. The third-order valence-electron chi connectivity index (χ3n) is 4.88. The highest BCUT2D eigenvalue weighted by atomic mass is 32.1. The van der Waals surface area contributed by atoms with Crippen LogP contribution in [0.15, 0.2) is 24.3 Å². The van der Waals surface area contributed by atoms with Crippen molar-refractivity contribution in [2.24, 2.45) is 0 Å². The Morgan fingerprint density at radius 2 is 2.12 bits per heavy atom. The van der Waals surface area contributed by atoms with Gasteiger partial charge in [-0.05, 0) is 19.1 Å². The largest absolute Gasteiger partial charge is 0.380 e. The lowest BCUT2D eigenvalue weighted by Crippen LogP contribution is -2.49. The summed E-state index contributed by atoms with van der Waals surface area (Å²) < 4.78 is 5.37. The molecule has 1 unspecified atom stereocenters. The topological polar surface area (TPSA) is 66.1 Å². The molecule has 0 radical (unpaired) electrons. The molecule has 2 aliphatic rings. The van der Waals surface area contributed by atoms with Crippen LogP contribution in [0.1, 0.15) is 17.8 Å². The summed E-state index contributed by atoms with van der Waals surface area (Å²) in [6.45, 7) is 6.79. The number of benzene rings is 1. The van der Waals surface area contributed by atoms with Gasteiger partial charge in [0.15, 0.2) is 5.82 Å². The molecule has 5 rings (SSSR count). The minimum absolute atomic E-state index is 0.433. The Morgan fingerprint density at radius 3 is 2.88 bits per heavy atom. The Bertz CT molecular complexity index is 867. The maximum absolute atomic E-state index is 5.37. The number of H-pyrrole nitrogens is 1. The first-order chi connectivity index (χ1) is 12.3. The van der Waals surface area contributed by atoms with E-state index < -0.39 is 0 Å². The highest BCUT2D eigenvalue weighted by Gasteiger charge is 2.30. The van der Waals surface area contributed by atoms with Crippen LogP contribution in [0, 0.1) is 0 Å². The first kappa shape index (κ1) is 15.3. The van der Waals surface area contributed by atoms with E-state index >= 15 is 0 Å². The van der Waals surface area contributed by atoms with Crippen LogP contribution in [0.2, 0.25) is 0 Å². The molecular formula is C18H21N5OS. The molecule has 2 aromatic heterocycles. The van der Waals surface area contributed by atoms with Crippen molar-refractivity contribution in [2.45, 2.75) is 18.9 Å². The molecule has 0 saturated carbocycles. The quantitative estimate of drug-likeness (QED) is 0.756. The lowest BCUT2D eigenvalue weighted by atomic mass is 10.1. The average molecular weight is 355 g/mol. The predicted molar refractivity (Wildman–Crippen MR) is 100 cm³/mol. The first-order valence-corrected chi connectivity index (χ1v) is 9.61. The Balaban J connectivity index is 1.59. The van der Waals surface area contributed by atoms with Crippen molar-refractivity contribution in [3.63, 3.8) is 0 Å². The van der Waals surface area contributed by atoms with E-state index in [-0.39, 0.29) is 0 Å². The molecule has 0 aliphatic carbocycles. The molecule has 1 aromatic carbocycles. The number of nitrogens with zero attached hydrogens (tertiary/aromatic N) is 3. The van der Waals surface area contributed by atoms with Crippen LogP contribution < -0.4 is 10.2 Å². The summed E-state index contributed by atoms with van der Waals surface area (Å²) in [5.41, 5.74) is 3.02. The number of ether oxygens (including phenoxy) is 1. The molecule has 0 spiro atoms. The Morgan fingerprint density at radius 1 is 1.24 bits per heavy atom. The summed E-state index contributed by atoms with van der Waals surface area (Å²) in [6, 6.07) is 8.63. The third-order valence-corrected chi connectivity index (χ3v) is 6.16. The second-order valence-electron chi connectivity index (χ2n) is 6.84. The molecule has 2 saturated heterocycles. The molecule has 2 aliphatic heterocycles. The Hall–Kier alpha value is -1.96. The highest BCUT2D eigenvalue weighted by molar-refractivity contribution is 7.16. The van der Waals surface area contributed by atoms with E-state index in [4.69, 9.17) is 14.7 Å². The third kappa shape index (κ3) is 2.72. The number of para-hydroxylation sites is 2. The number of hydrogen-bond acceptors (Lipinski definition) is 6. The van der Waals surface area contributed by atoms with Gasteiger partial charge in [-0.15, -0.1) is 11.3 Å². The number of hydrogen-bond donors (Lipinski definition) is 2. The maximum atomic E-state index is 5.37. The van der Waals surface area contributed by atoms with E-state index in [0.29, 0.717) is 12.0 Å². The van der Waals surface area contributed by atoms with Crippen LogP contribution >= 0.6 is 11.3 Å². The zero-order valence-electron chi connectivity index (χ0n) is 14.2. The number of imidazole rings is 1. The van der Waals surface area contributed by atoms with Gasteiger partial charge in [-0.2, -0.15) is 0 Å². The van der Waals surface area contributed by atoms with Crippen LogP contribution in [-0.4, -0.2) is 53.8 Å². The molecule has 6 nitrogen and oxygen atoms in total. The normalized spacial score (nSPS) is 21.6. The van der Waals surface area contributed by atoms with E-state index in [0.717, 1.165) is 55.4 Å². The molecule has 2 N–H and O–H groups in total. The minimum atomic E-state index is 0.433. The SMILES string of the molecule is CC1CN(c2sc(C3COC3)nc2-c2nc3ccccc3[nH]2)CCN1. The van der Waals surface area contributed by atoms with E-state index in [1.807, 2.05) is 18.2 Å². The van der Waals surface area contributed by atoms with Gasteiger partial charge in [0.25, 0.3) is 0 Å². The van der Waals surface area contributed by atoms with Crippen LogP contribution in [0.4, 0.5) is 5.00 Å². The summed E-state index contributed by atoms with van der Waals surface area (Å²) in [6.07, 6.45) is 0. The van der Waals surface area contributed by atoms with Crippen molar-refractivity contribution in [2.75, 3.05) is 37.7 Å². The standard InChI is InChI=1S/C18H21N5OS/c1-11-8-23(7-6-19-11)18-15(22-17(25-18)12-9-24-10-12)16-20-13-4-2-3-5-14(13)21-16/h2-5,11-12,19H,6-10H2,1H3,(H,20,21). The lowest BCUT2D eigenvalue weighted by Gasteiger charge is -2.32. The maximum Gasteiger partial charge on any atom is 0.160 e. The summed E-state index contributed by atoms with van der Waals surface area (Å²) in [7, 11) is 0. The van der Waals surface area contributed by atoms with Crippen LogP contribution in [0.3, 0.4) is 0 Å². The number of rotatable bonds is 3. The van der Waals surface area contributed by atoms with Crippen molar-refractivity contribution < 1.29 is 4.74 Å². The van der Waals surface area contributed by atoms with Crippen LogP contribution in [0.5, 0.6) is 0 Å². The highest BCUT2D eigenvalue weighted by Crippen LogP contribution is 2.40. The molecule has 130 valence electrons. The molecule has 4 heterocycles. The van der Waals surface area contributed by atoms with Crippen molar-refractivity contribution >= 4 is 27.4 Å². The number of aromatic amines is 1. The number of piperazine rings is 1. The van der Waals surface area contributed by atoms with E-state index in [2.05, 4.69) is 28.2 Å². The van der Waals surface area contributed by atoms with Gasteiger partial charge in [0.1, 0.15) is 15.7 Å². The van der Waals surface area contributed by atoms with Crippen molar-refractivity contribution in [1.29, 1.82) is 0 Å². The Labute approximate surface area is 150 Å². The van der Waals surface area contributed by atoms with Crippen LogP contribution in [0.25, 0.3) is 22.6 Å². The van der Waals surface area contributed by atoms with E-state index in [1.165, 1.54) is 10.0 Å². The van der Waals surface area contributed by atoms with Gasteiger partial charge in [-0.1, -0.05) is 12.1 Å². The predicted octanol–water partition coefficient (Wildman–Crippen LogP) is 2.60. The molecule has 0 amide bonds. The van der Waals surface area contributed by atoms with Gasteiger partial charge >= 0.3 is 0 Å². The smallest absolute Gasteiger partial charge is 0.160 e. The van der Waals surface area contributed by atoms with Gasteiger partial charge in [0.05, 0.1) is 30.2 Å². The van der Waals surface area contributed by atoms with Gasteiger partial charge in [0, 0.05) is 25.7 Å². The number of nitrogens with one attached hydrogen (secondary N) is 2. The minimum Gasteiger partial charge on any atom is -0.380 e. The van der Waals surface area contributed by atoms with Gasteiger partial charge in [-0.3, -0.25) is 0 Å². The fourth-order valence-electron chi connectivity index (χ4n) is 3.43. The molecule has 7 heteroatoms. The molecule has 25 heavy (non-hydrogen) atoms. The number of anilines is 1. The summed E-state index contributed by atoms with van der Waals surface area (Å²) >= 11 is 1.80. The molecule has 2 fully saturated rings. The summed E-state index contributed by atoms with van der Waals surface area (Å²) in [5, 5.41) is 5.91. The zero-order valence-corrected chi connectivity index (χ0v) is 15.0. The van der Waals surface area contributed by atoms with Crippen molar-refractivity contribution in [3.8, 4) is 11.5 Å². The molecule has 3 aromatic rings. The fraction of sp³-hybridized carbons (Fsp3) is 0.444. The van der Waals surface area contributed by atoms with Gasteiger partial charge < -0.3 is 19.9 Å². The molecular weight excluding hydrogens is 334 g/mol. The zero-order chi connectivity index (χ0) is 16.8. The van der Waals surface area contributed by atoms with E-state index in [9.17, 15) is 0 Å². The molecule has 1 atom stereocenters. The van der Waals surface area contributed by atoms with Gasteiger partial charge in [0.2, 0.25) is 0 Å². The fourth-order valence-corrected chi connectivity index (χ4v) is 4.60. The number of fused-ring (bicyclic) bond motifs is 1. The Kier molecular flexibility index (Phi) is 3.73. The second-order valence-corrected chi connectivity index (χ2v) is 7.85. The monoisotopic (exact) mass is 355 g/mol. The van der Waals surface area contributed by atoms with Gasteiger partial charge in [-0.25, -0.2) is 9.97 Å². The average Bonchev–Trinajstić information content (AvgIpc) is 3.17. The first-order valence-electron chi connectivity index (χ1n) is 8.80. The number of thiazole rings is 1. The van der Waals surface area contributed by atoms with E-state index in [1.54, 1.807) is 11.3 Å². The van der Waals surface area contributed by atoms with Crippen LogP contribution in [-0.2, 0) is 4.74 Å². The summed E-state index contributed by atoms with van der Waals surface area (Å²) in [5.74, 6) is 1.30.